The van der Waals surface area contributed by atoms with Gasteiger partial charge in [0.05, 0.1) is 0 Å². The molecule has 0 atom stereocenters. The quantitative estimate of drug-likeness (QED) is 0.592. The molecule has 0 aliphatic rings. The number of rotatable bonds is 2. The largest absolute Gasteiger partial charge is 0.122 e. The highest BCUT2D eigenvalue weighted by Gasteiger charge is 1.90. The fourth-order valence-corrected chi connectivity index (χ4v) is 1.17. The average molecular weight is 167 g/mol. The Morgan fingerprint density at radius 3 is 2.55 bits per heavy atom. The summed E-state index contributed by atoms with van der Waals surface area (Å²) in [5.41, 5.74) is 2.48. The van der Waals surface area contributed by atoms with E-state index < -0.39 is 0 Å². The Labute approximate surface area is 72.5 Å². The summed E-state index contributed by atoms with van der Waals surface area (Å²) in [6.45, 7) is 2.07. The van der Waals surface area contributed by atoms with Crippen LogP contribution in [0, 0.1) is 0 Å². The third kappa shape index (κ3) is 2.39. The Bertz CT molecular complexity index is 236. The highest BCUT2D eigenvalue weighted by atomic mass is 35.5. The monoisotopic (exact) mass is 166 g/mol. The lowest BCUT2D eigenvalue weighted by atomic mass is 10.1. The maximum Gasteiger partial charge on any atom is 0.0409 e. The summed E-state index contributed by atoms with van der Waals surface area (Å²) >= 11 is 5.57. The van der Waals surface area contributed by atoms with Crippen molar-refractivity contribution in [3.05, 3.63) is 42.0 Å². The van der Waals surface area contributed by atoms with Crippen LogP contribution in [0.1, 0.15) is 12.5 Å². The summed E-state index contributed by atoms with van der Waals surface area (Å²) in [4.78, 5) is 0. The van der Waals surface area contributed by atoms with Gasteiger partial charge in [-0.1, -0.05) is 36.4 Å². The minimum absolute atomic E-state index is 0.584. The molecule has 1 aromatic rings. The van der Waals surface area contributed by atoms with Crippen LogP contribution in [0.25, 0.3) is 5.57 Å². The summed E-state index contributed by atoms with van der Waals surface area (Å²) in [5, 5.41) is 0. The zero-order chi connectivity index (χ0) is 8.10. The second-order valence-corrected chi connectivity index (χ2v) is 2.72. The molecular formula is C10H11Cl. The number of allylic oxidation sites excluding steroid dienone is 2. The van der Waals surface area contributed by atoms with Crippen LogP contribution in [0.5, 0.6) is 0 Å². The molecule has 1 rings (SSSR count). The third-order valence-corrected chi connectivity index (χ3v) is 1.77. The van der Waals surface area contributed by atoms with Gasteiger partial charge >= 0.3 is 0 Å². The van der Waals surface area contributed by atoms with Crippen LogP contribution < -0.4 is 0 Å². The van der Waals surface area contributed by atoms with Crippen molar-refractivity contribution in [2.45, 2.75) is 6.92 Å². The van der Waals surface area contributed by atoms with E-state index in [1.807, 2.05) is 24.3 Å². The topological polar surface area (TPSA) is 0 Å². The van der Waals surface area contributed by atoms with Gasteiger partial charge in [-0.15, -0.1) is 11.6 Å². The van der Waals surface area contributed by atoms with E-state index in [1.54, 1.807) is 0 Å². The van der Waals surface area contributed by atoms with Crippen LogP contribution in [0.15, 0.2) is 36.4 Å². The van der Waals surface area contributed by atoms with E-state index in [4.69, 9.17) is 11.6 Å². The highest BCUT2D eigenvalue weighted by Crippen LogP contribution is 2.12. The molecule has 0 radical (unpaired) electrons. The lowest BCUT2D eigenvalue weighted by Gasteiger charge is -1.98. The van der Waals surface area contributed by atoms with Crippen molar-refractivity contribution in [1.29, 1.82) is 0 Å². The van der Waals surface area contributed by atoms with Crippen LogP contribution in [0.4, 0.5) is 0 Å². The minimum Gasteiger partial charge on any atom is -0.122 e. The van der Waals surface area contributed by atoms with E-state index >= 15 is 0 Å². The Morgan fingerprint density at radius 1 is 1.36 bits per heavy atom. The molecular weight excluding hydrogens is 156 g/mol. The van der Waals surface area contributed by atoms with Gasteiger partial charge in [0.25, 0.3) is 0 Å². The Balaban J connectivity index is 2.85. The molecule has 0 aliphatic carbocycles. The van der Waals surface area contributed by atoms with Crippen LogP contribution in [0.3, 0.4) is 0 Å². The molecule has 0 fully saturated rings. The fraction of sp³-hybridized carbons (Fsp3) is 0.200. The molecule has 0 unspecified atom stereocenters. The molecule has 1 aromatic carbocycles. The molecule has 0 saturated heterocycles. The van der Waals surface area contributed by atoms with Crippen LogP contribution >= 0.6 is 11.6 Å². The van der Waals surface area contributed by atoms with Gasteiger partial charge in [-0.3, -0.25) is 0 Å². The van der Waals surface area contributed by atoms with Crippen molar-refractivity contribution in [2.24, 2.45) is 0 Å². The van der Waals surface area contributed by atoms with Gasteiger partial charge in [0.2, 0.25) is 0 Å². The molecule has 0 aromatic heterocycles. The van der Waals surface area contributed by atoms with Gasteiger partial charge in [-0.05, 0) is 18.1 Å². The molecule has 0 nitrogen and oxygen atoms in total. The van der Waals surface area contributed by atoms with Crippen molar-refractivity contribution < 1.29 is 0 Å². The SMILES string of the molecule is C/C(=C\CCl)c1ccccc1. The first kappa shape index (κ1) is 8.35. The normalized spacial score (nSPS) is 11.6. The Hall–Kier alpha value is -0.750. The fourth-order valence-electron chi connectivity index (χ4n) is 0.935. The minimum atomic E-state index is 0.584. The summed E-state index contributed by atoms with van der Waals surface area (Å²) in [5.74, 6) is 0.584. The number of halogens is 1. The molecule has 0 saturated carbocycles. The van der Waals surface area contributed by atoms with Gasteiger partial charge in [0, 0.05) is 5.88 Å². The number of benzene rings is 1. The second kappa shape index (κ2) is 4.20. The molecule has 11 heavy (non-hydrogen) atoms. The van der Waals surface area contributed by atoms with E-state index in [1.165, 1.54) is 11.1 Å². The van der Waals surface area contributed by atoms with Gasteiger partial charge < -0.3 is 0 Å². The van der Waals surface area contributed by atoms with Crippen molar-refractivity contribution in [2.75, 3.05) is 5.88 Å². The smallest absolute Gasteiger partial charge is 0.0409 e. The lowest BCUT2D eigenvalue weighted by molar-refractivity contribution is 1.54. The predicted octanol–water partition coefficient (Wildman–Crippen LogP) is 3.33. The molecule has 0 aliphatic heterocycles. The summed E-state index contributed by atoms with van der Waals surface area (Å²) in [7, 11) is 0. The molecule has 58 valence electrons. The van der Waals surface area contributed by atoms with E-state index in [-0.39, 0.29) is 0 Å². The van der Waals surface area contributed by atoms with E-state index in [9.17, 15) is 0 Å². The Kier molecular flexibility index (Phi) is 3.18. The summed E-state index contributed by atoms with van der Waals surface area (Å²) < 4.78 is 0. The molecule has 0 amide bonds. The second-order valence-electron chi connectivity index (χ2n) is 2.41. The van der Waals surface area contributed by atoms with Gasteiger partial charge in [0.1, 0.15) is 0 Å². The third-order valence-electron chi connectivity index (χ3n) is 1.61. The van der Waals surface area contributed by atoms with Crippen molar-refractivity contribution >= 4 is 17.2 Å². The first-order valence-corrected chi connectivity index (χ1v) is 4.16. The van der Waals surface area contributed by atoms with E-state index in [0.717, 1.165) is 0 Å². The lowest BCUT2D eigenvalue weighted by Crippen LogP contribution is -1.77. The maximum atomic E-state index is 5.57. The maximum absolute atomic E-state index is 5.57. The van der Waals surface area contributed by atoms with E-state index in [2.05, 4.69) is 19.1 Å². The number of alkyl halides is 1. The van der Waals surface area contributed by atoms with E-state index in [0.29, 0.717) is 5.88 Å². The van der Waals surface area contributed by atoms with Crippen molar-refractivity contribution in [3.8, 4) is 0 Å². The summed E-state index contributed by atoms with van der Waals surface area (Å²) in [6, 6.07) is 10.2. The highest BCUT2D eigenvalue weighted by molar-refractivity contribution is 6.19. The number of hydrogen-bond acceptors (Lipinski definition) is 0. The zero-order valence-corrected chi connectivity index (χ0v) is 7.31. The molecule has 1 heteroatoms. The van der Waals surface area contributed by atoms with Crippen molar-refractivity contribution in [1.82, 2.24) is 0 Å². The average Bonchev–Trinajstić information content (AvgIpc) is 2.07. The van der Waals surface area contributed by atoms with Gasteiger partial charge in [-0.2, -0.15) is 0 Å². The first-order chi connectivity index (χ1) is 5.34. The predicted molar refractivity (Wildman–Crippen MR) is 50.8 cm³/mol. The van der Waals surface area contributed by atoms with Crippen molar-refractivity contribution in [3.63, 3.8) is 0 Å². The van der Waals surface area contributed by atoms with Crippen LogP contribution in [-0.4, -0.2) is 5.88 Å². The Morgan fingerprint density at radius 2 is 2.00 bits per heavy atom. The van der Waals surface area contributed by atoms with Gasteiger partial charge in [0.15, 0.2) is 0 Å². The van der Waals surface area contributed by atoms with Gasteiger partial charge in [-0.25, -0.2) is 0 Å². The summed E-state index contributed by atoms with van der Waals surface area (Å²) in [6.07, 6.45) is 2.01. The zero-order valence-electron chi connectivity index (χ0n) is 6.55. The molecule has 0 heterocycles. The molecule has 0 N–H and O–H groups in total. The standard InChI is InChI=1S/C10H11Cl/c1-9(7-8-11)10-5-3-2-4-6-10/h2-7H,8H2,1H3/b9-7+. The molecule has 0 spiro atoms. The van der Waals surface area contributed by atoms with Crippen LogP contribution in [0.2, 0.25) is 0 Å². The van der Waals surface area contributed by atoms with Crippen LogP contribution in [-0.2, 0) is 0 Å². The molecule has 0 bridgehead atoms. The first-order valence-electron chi connectivity index (χ1n) is 3.62. The number of hydrogen-bond donors (Lipinski definition) is 0.